The van der Waals surface area contributed by atoms with Crippen LogP contribution in [0.4, 0.5) is 5.69 Å². The lowest BCUT2D eigenvalue weighted by atomic mass is 10.0. The second-order valence-electron chi connectivity index (χ2n) is 7.89. The number of amides is 1. The summed E-state index contributed by atoms with van der Waals surface area (Å²) in [5, 5.41) is 2.94. The minimum absolute atomic E-state index is 0.322. The van der Waals surface area contributed by atoms with Crippen LogP contribution in [0.5, 0.6) is 0 Å². The van der Waals surface area contributed by atoms with Crippen LogP contribution in [0.15, 0.2) is 54.6 Å². The Kier molecular flexibility index (Phi) is 7.50. The van der Waals surface area contributed by atoms with Gasteiger partial charge in [0.15, 0.2) is 0 Å². The van der Waals surface area contributed by atoms with Crippen molar-refractivity contribution in [2.24, 2.45) is 0 Å². The molecule has 0 radical (unpaired) electrons. The molecule has 0 aliphatic carbocycles. The Hall–Kier alpha value is -2.38. The molecule has 1 amide bonds. The molecule has 0 spiro atoms. The molecule has 6 nitrogen and oxygen atoms in total. The first-order chi connectivity index (χ1) is 14.4. The highest BCUT2D eigenvalue weighted by molar-refractivity contribution is 7.92. The first-order valence-electron chi connectivity index (χ1n) is 10.5. The zero-order valence-electron chi connectivity index (χ0n) is 17.8. The van der Waals surface area contributed by atoms with E-state index in [2.05, 4.69) is 16.3 Å². The summed E-state index contributed by atoms with van der Waals surface area (Å²) in [5.74, 6) is -0.322. The van der Waals surface area contributed by atoms with Crippen molar-refractivity contribution in [2.45, 2.75) is 45.3 Å². The van der Waals surface area contributed by atoms with Crippen LogP contribution in [-0.2, 0) is 27.9 Å². The van der Waals surface area contributed by atoms with Crippen LogP contribution in [0.1, 0.15) is 37.3 Å². The Bertz CT molecular complexity index is 941. The van der Waals surface area contributed by atoms with Crippen molar-refractivity contribution in [2.75, 3.05) is 23.7 Å². The molecule has 2 aromatic carbocycles. The zero-order chi connectivity index (χ0) is 21.6. The van der Waals surface area contributed by atoms with Crippen molar-refractivity contribution in [3.8, 4) is 0 Å². The van der Waals surface area contributed by atoms with Gasteiger partial charge in [-0.05, 0) is 56.1 Å². The molecule has 30 heavy (non-hydrogen) atoms. The third kappa shape index (κ3) is 5.83. The number of carbonyl (C=O) groups is 1. The minimum Gasteiger partial charge on any atom is -0.350 e. The molecule has 0 aromatic heterocycles. The molecule has 1 fully saturated rings. The summed E-state index contributed by atoms with van der Waals surface area (Å²) in [6.07, 6.45) is 4.89. The van der Waals surface area contributed by atoms with Crippen molar-refractivity contribution in [1.82, 2.24) is 10.2 Å². The number of benzene rings is 2. The molecule has 1 unspecified atom stereocenters. The van der Waals surface area contributed by atoms with Crippen LogP contribution in [0.3, 0.4) is 0 Å². The van der Waals surface area contributed by atoms with E-state index in [0.717, 1.165) is 31.5 Å². The van der Waals surface area contributed by atoms with E-state index in [1.165, 1.54) is 29.1 Å². The van der Waals surface area contributed by atoms with Crippen LogP contribution in [-0.4, -0.2) is 44.6 Å². The smallest absolute Gasteiger partial charge is 0.243 e. The van der Waals surface area contributed by atoms with E-state index in [4.69, 9.17) is 0 Å². The Morgan fingerprint density at radius 3 is 2.23 bits per heavy atom. The van der Waals surface area contributed by atoms with Crippen LogP contribution >= 0.6 is 0 Å². The fourth-order valence-electron chi connectivity index (χ4n) is 3.96. The predicted molar refractivity (Wildman–Crippen MR) is 121 cm³/mol. The first kappa shape index (κ1) is 22.3. The fraction of sp³-hybridized carbons (Fsp3) is 0.435. The highest BCUT2D eigenvalue weighted by atomic mass is 32.2. The van der Waals surface area contributed by atoms with E-state index in [9.17, 15) is 13.2 Å². The summed E-state index contributed by atoms with van der Waals surface area (Å²) < 4.78 is 25.9. The quantitative estimate of drug-likeness (QED) is 0.700. The normalized spacial score (nSPS) is 16.1. The van der Waals surface area contributed by atoms with E-state index in [0.29, 0.717) is 12.2 Å². The number of nitrogens with one attached hydrogen (secondary N) is 1. The maximum Gasteiger partial charge on any atom is 0.243 e. The molecule has 162 valence electrons. The number of likely N-dealkylation sites (tertiary alicyclic amines) is 1. The Morgan fingerprint density at radius 2 is 1.60 bits per heavy atom. The number of hydrogen-bond donors (Lipinski definition) is 1. The summed E-state index contributed by atoms with van der Waals surface area (Å²) in [5.41, 5.74) is 2.75. The molecule has 1 heterocycles. The number of rotatable bonds is 8. The van der Waals surface area contributed by atoms with Gasteiger partial charge < -0.3 is 5.32 Å². The highest BCUT2D eigenvalue weighted by Gasteiger charge is 2.28. The number of anilines is 1. The van der Waals surface area contributed by atoms with Crippen LogP contribution < -0.4 is 9.62 Å². The van der Waals surface area contributed by atoms with Gasteiger partial charge in [0.2, 0.25) is 15.9 Å². The number of hydrogen-bond acceptors (Lipinski definition) is 4. The lowest BCUT2D eigenvalue weighted by molar-refractivity contribution is -0.122. The standard InChI is InChI=1S/C23H31N3O3S/c1-19(26(30(2,28)29)22-13-5-3-6-14-22)23(27)24-17-20-11-7-8-12-21(20)18-25-15-9-4-10-16-25/h3,5-8,11-14,19H,4,9-10,15-18H2,1-2H3,(H,24,27). The number of carbonyl (C=O) groups excluding carboxylic acids is 1. The van der Waals surface area contributed by atoms with Gasteiger partial charge in [-0.1, -0.05) is 48.9 Å². The molecule has 1 N–H and O–H groups in total. The van der Waals surface area contributed by atoms with Gasteiger partial charge in [0, 0.05) is 13.1 Å². The van der Waals surface area contributed by atoms with Gasteiger partial charge >= 0.3 is 0 Å². The van der Waals surface area contributed by atoms with Crippen LogP contribution in [0.2, 0.25) is 0 Å². The molecule has 1 saturated heterocycles. The number of piperidine rings is 1. The van der Waals surface area contributed by atoms with Gasteiger partial charge in [-0.2, -0.15) is 0 Å². The summed E-state index contributed by atoms with van der Waals surface area (Å²) in [7, 11) is -3.61. The Labute approximate surface area is 179 Å². The summed E-state index contributed by atoms with van der Waals surface area (Å²) in [6.45, 7) is 5.08. The molecule has 0 bridgehead atoms. The van der Waals surface area contributed by atoms with Crippen molar-refractivity contribution < 1.29 is 13.2 Å². The van der Waals surface area contributed by atoms with E-state index in [-0.39, 0.29) is 5.91 Å². The van der Waals surface area contributed by atoms with Gasteiger partial charge in [0.1, 0.15) is 6.04 Å². The molecule has 2 aromatic rings. The Morgan fingerprint density at radius 1 is 1.00 bits per heavy atom. The van der Waals surface area contributed by atoms with Crippen LogP contribution in [0, 0.1) is 0 Å². The van der Waals surface area contributed by atoms with Gasteiger partial charge in [-0.25, -0.2) is 8.42 Å². The van der Waals surface area contributed by atoms with Crippen molar-refractivity contribution >= 4 is 21.6 Å². The molecule has 7 heteroatoms. The zero-order valence-corrected chi connectivity index (χ0v) is 18.6. The molecule has 1 aliphatic heterocycles. The van der Waals surface area contributed by atoms with Gasteiger partial charge in [0.25, 0.3) is 0 Å². The molecule has 3 rings (SSSR count). The van der Waals surface area contributed by atoms with Gasteiger partial charge in [-0.15, -0.1) is 0 Å². The Balaban J connectivity index is 1.69. The molecular weight excluding hydrogens is 398 g/mol. The SMILES string of the molecule is CC(C(=O)NCc1ccccc1CN1CCCCC1)N(c1ccccc1)S(C)(=O)=O. The average Bonchev–Trinajstić information content (AvgIpc) is 2.73. The second-order valence-corrected chi connectivity index (χ2v) is 9.75. The highest BCUT2D eigenvalue weighted by Crippen LogP contribution is 2.21. The third-order valence-electron chi connectivity index (χ3n) is 5.51. The topological polar surface area (TPSA) is 69.7 Å². The predicted octanol–water partition coefficient (Wildman–Crippen LogP) is 3.14. The lowest BCUT2D eigenvalue weighted by Crippen LogP contribution is -2.47. The van der Waals surface area contributed by atoms with Gasteiger partial charge in [-0.3, -0.25) is 14.0 Å². The first-order valence-corrected chi connectivity index (χ1v) is 12.3. The molecule has 1 atom stereocenters. The number of para-hydroxylation sites is 1. The average molecular weight is 430 g/mol. The van der Waals surface area contributed by atoms with Crippen molar-refractivity contribution in [1.29, 1.82) is 0 Å². The van der Waals surface area contributed by atoms with Crippen molar-refractivity contribution in [3.63, 3.8) is 0 Å². The molecule has 1 aliphatic rings. The summed E-state index contributed by atoms with van der Waals surface area (Å²) in [4.78, 5) is 15.3. The summed E-state index contributed by atoms with van der Waals surface area (Å²) >= 11 is 0. The number of sulfonamides is 1. The summed E-state index contributed by atoms with van der Waals surface area (Å²) in [6, 6.07) is 16.0. The third-order valence-corrected chi connectivity index (χ3v) is 6.75. The monoisotopic (exact) mass is 429 g/mol. The second kappa shape index (κ2) is 10.1. The molecule has 0 saturated carbocycles. The van der Waals surface area contributed by atoms with E-state index < -0.39 is 16.1 Å². The van der Waals surface area contributed by atoms with E-state index in [1.807, 2.05) is 24.3 Å². The van der Waals surface area contributed by atoms with E-state index in [1.54, 1.807) is 31.2 Å². The van der Waals surface area contributed by atoms with E-state index >= 15 is 0 Å². The maximum absolute atomic E-state index is 12.9. The van der Waals surface area contributed by atoms with Crippen LogP contribution in [0.25, 0.3) is 0 Å². The number of nitrogens with zero attached hydrogens (tertiary/aromatic N) is 2. The largest absolute Gasteiger partial charge is 0.350 e. The van der Waals surface area contributed by atoms with Gasteiger partial charge in [0.05, 0.1) is 11.9 Å². The minimum atomic E-state index is -3.61. The van der Waals surface area contributed by atoms with Crippen molar-refractivity contribution in [3.05, 3.63) is 65.7 Å². The fourth-order valence-corrected chi connectivity index (χ4v) is 5.13. The lowest BCUT2D eigenvalue weighted by Gasteiger charge is -2.29. The maximum atomic E-state index is 12.9. The molecular formula is C23H31N3O3S.